The summed E-state index contributed by atoms with van der Waals surface area (Å²) in [5.41, 5.74) is 0. The van der Waals surface area contributed by atoms with Gasteiger partial charge in [0.1, 0.15) is 73.2 Å². The molecule has 0 spiro atoms. The van der Waals surface area contributed by atoms with E-state index in [1.807, 2.05) is 6.08 Å². The molecule has 0 aromatic rings. The molecule has 0 radical (unpaired) electrons. The van der Waals surface area contributed by atoms with Gasteiger partial charge in [-0.3, -0.25) is 4.79 Å². The summed E-state index contributed by atoms with van der Waals surface area (Å²) in [6.07, 6.45) is 59.9. The Bertz CT molecular complexity index is 2350. The van der Waals surface area contributed by atoms with Gasteiger partial charge in [-0.05, 0) is 103 Å². The van der Waals surface area contributed by atoms with Crippen LogP contribution >= 0.6 is 0 Å². The van der Waals surface area contributed by atoms with Crippen molar-refractivity contribution in [1.29, 1.82) is 0 Å². The first kappa shape index (κ1) is 91.1. The molecule has 0 aromatic heterocycles. The number of hydrogen-bond acceptors (Lipinski definition) is 18. The number of allylic oxidation sites excluding steroid dienone is 21. The highest BCUT2D eigenvalue weighted by molar-refractivity contribution is 5.76. The fourth-order valence-corrected chi connectivity index (χ4v) is 12.2. The average Bonchev–Trinajstić information content (AvgIpc) is 0.782. The lowest BCUT2D eigenvalue weighted by molar-refractivity contribution is -0.379. The van der Waals surface area contributed by atoms with Gasteiger partial charge in [0.2, 0.25) is 5.91 Å². The molecular weight excluding hydrogens is 1290 g/mol. The number of hydrogen-bond donors (Lipinski definition) is 12. The normalized spacial score (nSPS) is 27.1. The van der Waals surface area contributed by atoms with Crippen LogP contribution in [0.15, 0.2) is 134 Å². The summed E-state index contributed by atoms with van der Waals surface area (Å²) in [6.45, 7) is 1.59. The molecular formula is C82H137NO18. The van der Waals surface area contributed by atoms with Crippen molar-refractivity contribution in [3.8, 4) is 0 Å². The number of amides is 1. The zero-order valence-corrected chi connectivity index (χ0v) is 61.6. The average molecular weight is 1420 g/mol. The van der Waals surface area contributed by atoms with Crippen molar-refractivity contribution in [2.24, 2.45) is 0 Å². The van der Waals surface area contributed by atoms with Gasteiger partial charge in [-0.15, -0.1) is 0 Å². The Labute approximate surface area is 607 Å². The largest absolute Gasteiger partial charge is 0.394 e. The molecule has 3 heterocycles. The Morgan fingerprint density at radius 1 is 0.366 bits per heavy atom. The number of rotatable bonds is 59. The minimum atomic E-state index is -1.99. The van der Waals surface area contributed by atoms with Crippen LogP contribution in [0.1, 0.15) is 245 Å². The lowest BCUT2D eigenvalue weighted by Crippen LogP contribution is -2.66. The molecule has 19 heteroatoms. The molecule has 3 saturated heterocycles. The number of ether oxygens (including phenoxy) is 6. The standard InChI is InChI=1S/C82H137NO18/c1-3-5-7-9-11-13-15-17-19-21-23-25-26-27-28-29-30-31-32-33-34-35-36-37-38-40-42-44-46-48-50-52-54-56-58-60-70(88)83-65(66(87)59-57-55-53-51-49-47-45-43-41-39-24-22-20-18-16-14-12-10-8-6-4-2)64-96-80-76(94)73(91)78(68(62-85)98-80)101-82-77(95)74(92)79(69(63-86)99-82)100-81-75(93)72(90)71(89)67(61-84)97-81/h5,7,11,13,17,19,23,25,27-28,30-31,33-34,36-37,40,42,49,51,57,59,65-69,71-82,84-87,89-95H,3-4,6,8-10,12,14-16,18,20-22,24,26,29,32,35,38-39,41,43-48,50,52-56,58,60-64H2,1-2H3,(H,83,88)/b7-5-,13-11-,19-17-,25-23-,28-27-,31-30-,34-33-,37-36-,42-40-,51-49+,59-57+. The Balaban J connectivity index is 1.40. The van der Waals surface area contributed by atoms with E-state index in [2.05, 4.69) is 141 Å². The number of aliphatic hydroxyl groups excluding tert-OH is 11. The van der Waals surface area contributed by atoms with E-state index < -0.39 is 124 Å². The lowest BCUT2D eigenvalue weighted by Gasteiger charge is -2.48. The Kier molecular flexibility index (Phi) is 55.2. The summed E-state index contributed by atoms with van der Waals surface area (Å²) >= 11 is 0. The van der Waals surface area contributed by atoms with Crippen molar-refractivity contribution in [3.05, 3.63) is 134 Å². The molecule has 0 saturated carbocycles. The van der Waals surface area contributed by atoms with Gasteiger partial charge in [0.25, 0.3) is 0 Å². The fraction of sp³-hybridized carbons (Fsp3) is 0.720. The third-order valence-electron chi connectivity index (χ3n) is 18.4. The van der Waals surface area contributed by atoms with Gasteiger partial charge >= 0.3 is 0 Å². The maximum Gasteiger partial charge on any atom is 0.220 e. The van der Waals surface area contributed by atoms with Crippen molar-refractivity contribution in [2.75, 3.05) is 26.4 Å². The molecule has 101 heavy (non-hydrogen) atoms. The minimum absolute atomic E-state index is 0.214. The number of carbonyl (C=O) groups is 1. The monoisotopic (exact) mass is 1420 g/mol. The van der Waals surface area contributed by atoms with Gasteiger partial charge in [-0.2, -0.15) is 0 Å². The van der Waals surface area contributed by atoms with E-state index in [-0.39, 0.29) is 18.9 Å². The molecule has 3 aliphatic heterocycles. The van der Waals surface area contributed by atoms with Crippen molar-refractivity contribution >= 4 is 5.91 Å². The first-order valence-electron chi connectivity index (χ1n) is 38.9. The highest BCUT2D eigenvalue weighted by Crippen LogP contribution is 2.33. The van der Waals surface area contributed by atoms with Crippen molar-refractivity contribution in [3.63, 3.8) is 0 Å². The van der Waals surface area contributed by atoms with E-state index in [1.54, 1.807) is 6.08 Å². The molecule has 1 amide bonds. The van der Waals surface area contributed by atoms with Crippen molar-refractivity contribution < 1.29 is 89.4 Å². The molecule has 3 fully saturated rings. The van der Waals surface area contributed by atoms with Gasteiger partial charge in [0.15, 0.2) is 18.9 Å². The van der Waals surface area contributed by atoms with Gasteiger partial charge in [-0.25, -0.2) is 0 Å². The summed E-state index contributed by atoms with van der Waals surface area (Å²) in [4.78, 5) is 13.5. The van der Waals surface area contributed by atoms with Crippen LogP contribution in [0.5, 0.6) is 0 Å². The van der Waals surface area contributed by atoms with Crippen molar-refractivity contribution in [1.82, 2.24) is 5.32 Å². The summed E-state index contributed by atoms with van der Waals surface area (Å²) in [5.74, 6) is -0.301. The van der Waals surface area contributed by atoms with Crippen LogP contribution in [0.25, 0.3) is 0 Å². The third-order valence-corrected chi connectivity index (χ3v) is 18.4. The molecule has 0 bridgehead atoms. The van der Waals surface area contributed by atoms with Crippen LogP contribution in [0.4, 0.5) is 0 Å². The number of carbonyl (C=O) groups excluding carboxylic acids is 1. The van der Waals surface area contributed by atoms with Crippen LogP contribution < -0.4 is 5.32 Å². The molecule has 578 valence electrons. The maximum atomic E-state index is 13.5. The van der Waals surface area contributed by atoms with Crippen molar-refractivity contribution in [2.45, 2.75) is 349 Å². The first-order valence-corrected chi connectivity index (χ1v) is 38.9. The second-order valence-corrected chi connectivity index (χ2v) is 27.1. The molecule has 17 atom stereocenters. The maximum absolute atomic E-state index is 13.5. The van der Waals surface area contributed by atoms with E-state index in [9.17, 15) is 61.0 Å². The van der Waals surface area contributed by atoms with E-state index in [0.29, 0.717) is 12.8 Å². The van der Waals surface area contributed by atoms with Crippen LogP contribution in [0.2, 0.25) is 0 Å². The second-order valence-electron chi connectivity index (χ2n) is 27.1. The lowest BCUT2D eigenvalue weighted by atomic mass is 9.96. The number of nitrogens with one attached hydrogen (secondary N) is 1. The molecule has 19 nitrogen and oxygen atoms in total. The summed E-state index contributed by atoms with van der Waals surface area (Å²) < 4.78 is 34.4. The predicted molar refractivity (Wildman–Crippen MR) is 401 cm³/mol. The fourth-order valence-electron chi connectivity index (χ4n) is 12.2. The smallest absolute Gasteiger partial charge is 0.220 e. The molecule has 3 aliphatic rings. The highest BCUT2D eigenvalue weighted by atomic mass is 16.8. The molecule has 0 aliphatic carbocycles. The highest BCUT2D eigenvalue weighted by Gasteiger charge is 2.53. The van der Waals surface area contributed by atoms with Crippen LogP contribution in [-0.2, 0) is 33.2 Å². The Hall–Kier alpha value is -4.07. The van der Waals surface area contributed by atoms with E-state index >= 15 is 0 Å². The molecule has 17 unspecified atom stereocenters. The Morgan fingerprint density at radius 3 is 1.11 bits per heavy atom. The summed E-state index contributed by atoms with van der Waals surface area (Å²) in [6, 6.07) is -1.01. The van der Waals surface area contributed by atoms with E-state index in [0.717, 1.165) is 122 Å². The molecule has 12 N–H and O–H groups in total. The predicted octanol–water partition coefficient (Wildman–Crippen LogP) is 12.5. The first-order chi connectivity index (χ1) is 49.3. The number of unbranched alkanes of at least 4 members (excludes halogenated alkanes) is 23. The topological polar surface area (TPSA) is 307 Å². The zero-order chi connectivity index (χ0) is 73.2. The third kappa shape index (κ3) is 41.4. The quantitative estimate of drug-likeness (QED) is 0.0199. The van der Waals surface area contributed by atoms with Gasteiger partial charge in [0.05, 0.1) is 38.6 Å². The zero-order valence-electron chi connectivity index (χ0n) is 61.6. The molecule has 0 aromatic carbocycles. The van der Waals surface area contributed by atoms with Crippen LogP contribution in [-0.4, -0.2) is 193 Å². The van der Waals surface area contributed by atoms with Gasteiger partial charge in [0, 0.05) is 6.42 Å². The van der Waals surface area contributed by atoms with Crippen LogP contribution in [0, 0.1) is 0 Å². The van der Waals surface area contributed by atoms with Crippen LogP contribution in [0.3, 0.4) is 0 Å². The second kappa shape index (κ2) is 61.1. The summed E-state index contributed by atoms with van der Waals surface area (Å²) in [5, 5.41) is 121. The minimum Gasteiger partial charge on any atom is -0.394 e. The molecule has 3 rings (SSSR count). The van der Waals surface area contributed by atoms with Gasteiger partial charge < -0.3 is 89.9 Å². The van der Waals surface area contributed by atoms with E-state index in [4.69, 9.17) is 28.4 Å². The SMILES string of the molecule is CC/C=C\C/C=C\C/C=C\C/C=C\C/C=C\C/C=C\C/C=C\C/C=C\C/C=C\CCCCCCCCCC(=O)NC(COC1OC(CO)C(OC2OC(CO)C(OC3OC(CO)C(O)C(O)C3O)C(O)C2O)C(O)C1O)C(O)/C=C/CC/C=C/CCCCCCCCCCCCCCCCC. The summed E-state index contributed by atoms with van der Waals surface area (Å²) in [7, 11) is 0. The number of aliphatic hydroxyl groups is 11. The van der Waals surface area contributed by atoms with E-state index in [1.165, 1.54) is 89.9 Å². The van der Waals surface area contributed by atoms with Gasteiger partial charge in [-0.1, -0.05) is 270 Å². The Morgan fingerprint density at radius 2 is 0.693 bits per heavy atom.